The van der Waals surface area contributed by atoms with Gasteiger partial charge in [0.05, 0.1) is 13.0 Å². The van der Waals surface area contributed by atoms with Crippen LogP contribution in [0.4, 0.5) is 0 Å². The zero-order valence-corrected chi connectivity index (χ0v) is 41.0. The zero-order chi connectivity index (χ0) is 51.4. The molecule has 2 aliphatic rings. The van der Waals surface area contributed by atoms with E-state index in [1.165, 1.54) is 16.7 Å². The third kappa shape index (κ3) is 18.3. The Morgan fingerprint density at radius 2 is 1.38 bits per heavy atom. The summed E-state index contributed by atoms with van der Waals surface area (Å²) in [6.07, 6.45) is 0.692. The van der Waals surface area contributed by atoms with Crippen LogP contribution in [0.2, 0.25) is 0 Å². The van der Waals surface area contributed by atoms with Crippen molar-refractivity contribution in [1.29, 1.82) is 0 Å². The number of hydrogen-bond donors (Lipinski definition) is 10. The Kier molecular flexibility index (Phi) is 23.4. The predicted octanol–water partition coefficient (Wildman–Crippen LogP) is -1.95. The van der Waals surface area contributed by atoms with Crippen molar-refractivity contribution in [3.8, 4) is 0 Å². The number of carbonyl (C=O) groups is 11. The summed E-state index contributed by atoms with van der Waals surface area (Å²) in [5.74, 6) is -9.08. The number of nitrogens with one attached hydrogen (secondary N) is 7. The first-order valence-electron chi connectivity index (χ1n) is 23.6. The highest BCUT2D eigenvalue weighted by molar-refractivity contribution is 7.99. The lowest BCUT2D eigenvalue weighted by atomic mass is 9.96. The minimum atomic E-state index is -1.70. The summed E-state index contributed by atoms with van der Waals surface area (Å²) in [4.78, 5) is 148. The van der Waals surface area contributed by atoms with Gasteiger partial charge in [-0.3, -0.25) is 52.7 Å². The minimum Gasteiger partial charge on any atom is -0.370 e. The van der Waals surface area contributed by atoms with Crippen LogP contribution in [0.3, 0.4) is 0 Å². The monoisotopic (exact) mass is 986 g/mol. The van der Waals surface area contributed by atoms with Crippen LogP contribution in [-0.2, 0) is 65.6 Å². The molecule has 3 rings (SSSR count). The summed E-state index contributed by atoms with van der Waals surface area (Å²) in [6.45, 7) is 8.67. The maximum atomic E-state index is 14.5. The first-order valence-corrected chi connectivity index (χ1v) is 24.7. The highest BCUT2D eigenvalue weighted by Gasteiger charge is 2.41. The van der Waals surface area contributed by atoms with Gasteiger partial charge in [0.15, 0.2) is 0 Å². The SMILES string of the molecule is CCc1ccc(C[C@@H]2NC(=O)CCSCC[C@@H](C(=O)N3CCC[C@H]3C(=O)N[C@H](C(=O)NCC(N)=O)[C@H](C)CC)NC(=O)[C@H](CC(N)=O)NC(=O)[C@@H](CCC(N)=O)NC(=O)[C@H]([C@H](C)CC)NC2=O)cc1. The molecule has 2 saturated heterocycles. The van der Waals surface area contributed by atoms with Gasteiger partial charge in [0.2, 0.25) is 65.0 Å². The first kappa shape index (κ1) is 57.1. The smallest absolute Gasteiger partial charge is 0.245 e. The molecule has 9 atom stereocenters. The molecule has 0 bridgehead atoms. The van der Waals surface area contributed by atoms with Crippen molar-refractivity contribution in [2.24, 2.45) is 29.0 Å². The minimum absolute atomic E-state index is 0.0585. The van der Waals surface area contributed by atoms with E-state index in [2.05, 4.69) is 37.2 Å². The molecule has 0 saturated carbocycles. The second-order valence-electron chi connectivity index (χ2n) is 17.6. The summed E-state index contributed by atoms with van der Waals surface area (Å²) in [5.41, 5.74) is 18.0. The van der Waals surface area contributed by atoms with Gasteiger partial charge in [-0.2, -0.15) is 11.8 Å². The Bertz CT molecular complexity index is 2020. The van der Waals surface area contributed by atoms with Gasteiger partial charge in [0.1, 0.15) is 42.3 Å². The second kappa shape index (κ2) is 28.3. The number of benzene rings is 1. The molecule has 0 unspecified atom stereocenters. The van der Waals surface area contributed by atoms with Crippen LogP contribution in [-0.4, -0.2) is 137 Å². The molecule has 13 N–H and O–H groups in total. The van der Waals surface area contributed by atoms with E-state index in [-0.39, 0.29) is 56.1 Å². The third-order valence-electron chi connectivity index (χ3n) is 12.4. The van der Waals surface area contributed by atoms with Crippen molar-refractivity contribution in [3.05, 3.63) is 35.4 Å². The summed E-state index contributed by atoms with van der Waals surface area (Å²) < 4.78 is 0. The summed E-state index contributed by atoms with van der Waals surface area (Å²) >= 11 is 1.27. The predicted molar refractivity (Wildman–Crippen MR) is 256 cm³/mol. The van der Waals surface area contributed by atoms with E-state index in [1.807, 2.05) is 38.1 Å². The fraction of sp³-hybridized carbons (Fsp3) is 0.630. The number of aryl methyl sites for hydroxylation is 1. The van der Waals surface area contributed by atoms with Crippen molar-refractivity contribution in [1.82, 2.24) is 42.1 Å². The molecule has 2 heterocycles. The van der Waals surface area contributed by atoms with Gasteiger partial charge in [0.25, 0.3) is 0 Å². The molecule has 69 heavy (non-hydrogen) atoms. The van der Waals surface area contributed by atoms with Crippen molar-refractivity contribution in [2.45, 2.75) is 148 Å². The maximum Gasteiger partial charge on any atom is 0.245 e. The molecule has 23 heteroatoms. The molecule has 0 spiro atoms. The second-order valence-corrected chi connectivity index (χ2v) is 18.8. The van der Waals surface area contributed by atoms with Gasteiger partial charge in [-0.1, -0.05) is 71.7 Å². The topological polar surface area (TPSA) is 353 Å². The quantitative estimate of drug-likeness (QED) is 0.0768. The van der Waals surface area contributed by atoms with E-state index in [0.717, 1.165) is 17.5 Å². The molecule has 0 aromatic heterocycles. The van der Waals surface area contributed by atoms with Gasteiger partial charge < -0.3 is 59.3 Å². The normalized spacial score (nSPS) is 23.6. The zero-order valence-electron chi connectivity index (χ0n) is 40.2. The molecule has 22 nitrogen and oxygen atoms in total. The van der Waals surface area contributed by atoms with E-state index < -0.39 is 133 Å². The lowest BCUT2D eigenvalue weighted by Gasteiger charge is -2.31. The number of carbonyl (C=O) groups excluding carboxylic acids is 11. The van der Waals surface area contributed by atoms with Crippen LogP contribution < -0.4 is 54.4 Å². The molecular weight excluding hydrogens is 915 g/mol. The number of nitrogens with two attached hydrogens (primary N) is 3. The number of amides is 11. The Labute approximate surface area is 407 Å². The fourth-order valence-electron chi connectivity index (χ4n) is 7.81. The summed E-state index contributed by atoms with van der Waals surface area (Å²) in [6, 6.07) is -1.60. The van der Waals surface area contributed by atoms with Crippen molar-refractivity contribution in [3.63, 3.8) is 0 Å². The number of nitrogens with zero attached hydrogens (tertiary/aromatic N) is 1. The highest BCUT2D eigenvalue weighted by atomic mass is 32.2. The van der Waals surface area contributed by atoms with Crippen LogP contribution in [0.1, 0.15) is 104 Å². The lowest BCUT2D eigenvalue weighted by Crippen LogP contribution is -2.61. The van der Waals surface area contributed by atoms with Crippen LogP contribution in [0.5, 0.6) is 0 Å². The molecule has 2 aliphatic heterocycles. The van der Waals surface area contributed by atoms with Crippen molar-refractivity contribution >= 4 is 76.7 Å². The molecule has 382 valence electrons. The summed E-state index contributed by atoms with van der Waals surface area (Å²) in [7, 11) is 0. The Morgan fingerprint density at radius 1 is 0.739 bits per heavy atom. The van der Waals surface area contributed by atoms with Crippen LogP contribution in [0.25, 0.3) is 0 Å². The molecule has 1 aromatic rings. The molecule has 1 aromatic carbocycles. The van der Waals surface area contributed by atoms with Gasteiger partial charge in [-0.25, -0.2) is 0 Å². The van der Waals surface area contributed by atoms with Crippen LogP contribution in [0.15, 0.2) is 24.3 Å². The standard InChI is InChI=1S/C46H71N11O11S/c1-6-25(4)38(44(66)50-24-36(49)60)56-43(65)33-10-9-19-57(33)46(68)30-17-20-69-21-18-37(61)51-31(22-28-13-11-27(8-3)12-14-28)42(64)55-39(26(5)7-2)45(67)52-29(15-16-34(47)58)40(62)54-32(23-35(48)59)41(63)53-30/h11-14,25-26,29-33,38-39H,6-10,15-24H2,1-5H3,(H2,47,58)(H2,48,59)(H2,49,60)(H,50,66)(H,51,61)(H,52,67)(H,53,63)(H,54,62)(H,55,64)(H,56,65)/t25-,26-,29-,30+,31+,32+,33+,38+,39+/m1/s1. The van der Waals surface area contributed by atoms with Gasteiger partial charge >= 0.3 is 0 Å². The van der Waals surface area contributed by atoms with Crippen LogP contribution >= 0.6 is 11.8 Å². The van der Waals surface area contributed by atoms with E-state index in [9.17, 15) is 52.7 Å². The Morgan fingerprint density at radius 3 is 1.99 bits per heavy atom. The summed E-state index contributed by atoms with van der Waals surface area (Å²) in [5, 5.41) is 18.3. The first-order chi connectivity index (χ1) is 32.7. The molecule has 2 fully saturated rings. The fourth-order valence-corrected chi connectivity index (χ4v) is 8.75. The largest absolute Gasteiger partial charge is 0.370 e. The average molecular weight is 986 g/mol. The van der Waals surface area contributed by atoms with Crippen molar-refractivity contribution < 1.29 is 52.7 Å². The van der Waals surface area contributed by atoms with E-state index in [0.29, 0.717) is 19.3 Å². The van der Waals surface area contributed by atoms with Gasteiger partial charge in [-0.15, -0.1) is 0 Å². The lowest BCUT2D eigenvalue weighted by molar-refractivity contribution is -0.143. The number of hydrogen-bond acceptors (Lipinski definition) is 12. The number of likely N-dealkylation sites (tertiary alicyclic amines) is 1. The number of thioether (sulfide) groups is 1. The van der Waals surface area contributed by atoms with Crippen molar-refractivity contribution in [2.75, 3.05) is 24.6 Å². The Hall–Kier alpha value is -6.26. The Balaban J connectivity index is 2.03. The molecule has 0 radical (unpaired) electrons. The van der Waals surface area contributed by atoms with Crippen LogP contribution in [0, 0.1) is 11.8 Å². The highest BCUT2D eigenvalue weighted by Crippen LogP contribution is 2.22. The molecule has 0 aliphatic carbocycles. The van der Waals surface area contributed by atoms with E-state index in [4.69, 9.17) is 17.2 Å². The van der Waals surface area contributed by atoms with Gasteiger partial charge in [0, 0.05) is 31.6 Å². The number of rotatable bonds is 18. The maximum absolute atomic E-state index is 14.5. The third-order valence-corrected chi connectivity index (χ3v) is 13.4. The molecular formula is C46H71N11O11S. The van der Waals surface area contributed by atoms with E-state index in [1.54, 1.807) is 20.8 Å². The molecule has 11 amide bonds. The number of primary amides is 3. The average Bonchev–Trinajstić information content (AvgIpc) is 3.81. The van der Waals surface area contributed by atoms with E-state index >= 15 is 0 Å². The van der Waals surface area contributed by atoms with Gasteiger partial charge in [-0.05, 0) is 60.8 Å².